The third-order valence-corrected chi connectivity index (χ3v) is 8.17. The van der Waals surface area contributed by atoms with Crippen molar-refractivity contribution in [1.82, 2.24) is 24.7 Å². The summed E-state index contributed by atoms with van der Waals surface area (Å²) in [5.41, 5.74) is 7.55. The summed E-state index contributed by atoms with van der Waals surface area (Å²) in [4.78, 5) is 40.7. The first kappa shape index (κ1) is 21.4. The number of carbonyl (C=O) groups is 2. The summed E-state index contributed by atoms with van der Waals surface area (Å²) >= 11 is 0. The molecule has 0 radical (unpaired) electrons. The Kier molecular flexibility index (Phi) is 5.43. The van der Waals surface area contributed by atoms with Crippen molar-refractivity contribution in [3.05, 3.63) is 29.7 Å². The van der Waals surface area contributed by atoms with Gasteiger partial charge < -0.3 is 15.5 Å². The molecule has 0 aliphatic carbocycles. The number of rotatable bonds is 3. The van der Waals surface area contributed by atoms with E-state index in [1.807, 2.05) is 15.9 Å². The first-order valence-electron chi connectivity index (χ1n) is 12.0. The van der Waals surface area contributed by atoms with Crippen molar-refractivity contribution in [3.8, 4) is 0 Å². The summed E-state index contributed by atoms with van der Waals surface area (Å²) in [6.45, 7) is 9.87. The fraction of sp³-hybridized carbons (Fsp3) is 0.667. The predicted molar refractivity (Wildman–Crippen MR) is 122 cm³/mol. The SMILES string of the molecule is CC(C)C1N(C(=O)c2nccnc2N)CC12CCN(C(=O)/C=C1/CN3CCC1CC3)CC2. The molecule has 32 heavy (non-hydrogen) atoms. The highest BCUT2D eigenvalue weighted by Gasteiger charge is 2.56. The van der Waals surface area contributed by atoms with E-state index in [1.165, 1.54) is 43.9 Å². The second kappa shape index (κ2) is 8.14. The molecular formula is C24H34N6O2. The number of carbonyl (C=O) groups excluding carboxylic acids is 2. The Morgan fingerprint density at radius 2 is 1.81 bits per heavy atom. The number of anilines is 1. The summed E-state index contributed by atoms with van der Waals surface area (Å²) in [6.07, 6.45) is 9.19. The van der Waals surface area contributed by atoms with Gasteiger partial charge in [0.2, 0.25) is 5.91 Å². The van der Waals surface area contributed by atoms with E-state index < -0.39 is 0 Å². The van der Waals surface area contributed by atoms with E-state index in [9.17, 15) is 9.59 Å². The lowest BCUT2D eigenvalue weighted by atomic mass is 9.61. The summed E-state index contributed by atoms with van der Waals surface area (Å²) in [7, 11) is 0. The van der Waals surface area contributed by atoms with Crippen LogP contribution in [-0.2, 0) is 4.79 Å². The van der Waals surface area contributed by atoms with Gasteiger partial charge in [-0.1, -0.05) is 13.8 Å². The number of hydrogen-bond donors (Lipinski definition) is 1. The third-order valence-electron chi connectivity index (χ3n) is 8.17. The number of aromatic nitrogens is 2. The molecule has 5 saturated heterocycles. The highest BCUT2D eigenvalue weighted by molar-refractivity contribution is 5.97. The van der Waals surface area contributed by atoms with Crippen molar-refractivity contribution in [2.45, 2.75) is 45.6 Å². The molecule has 2 N–H and O–H groups in total. The number of likely N-dealkylation sites (tertiary alicyclic amines) is 2. The molecule has 6 heterocycles. The van der Waals surface area contributed by atoms with Crippen molar-refractivity contribution in [3.63, 3.8) is 0 Å². The molecular weight excluding hydrogens is 404 g/mol. The van der Waals surface area contributed by atoms with Gasteiger partial charge in [0.25, 0.3) is 5.91 Å². The number of amides is 2. The minimum absolute atomic E-state index is 0.0698. The second-order valence-electron chi connectivity index (χ2n) is 10.4. The molecule has 1 aromatic rings. The maximum Gasteiger partial charge on any atom is 0.276 e. The van der Waals surface area contributed by atoms with Crippen LogP contribution < -0.4 is 5.73 Å². The van der Waals surface area contributed by atoms with Crippen molar-refractivity contribution < 1.29 is 9.59 Å². The number of piperidine rings is 4. The van der Waals surface area contributed by atoms with Gasteiger partial charge in [-0.15, -0.1) is 0 Å². The van der Waals surface area contributed by atoms with Crippen LogP contribution in [0.2, 0.25) is 0 Å². The minimum atomic E-state index is -0.134. The Labute approximate surface area is 189 Å². The van der Waals surface area contributed by atoms with Crippen LogP contribution in [-0.4, -0.2) is 81.8 Å². The first-order valence-corrected chi connectivity index (χ1v) is 12.0. The van der Waals surface area contributed by atoms with Crippen LogP contribution >= 0.6 is 0 Å². The maximum absolute atomic E-state index is 13.1. The quantitative estimate of drug-likeness (QED) is 0.723. The molecule has 0 aromatic carbocycles. The molecule has 1 aromatic heterocycles. The molecule has 5 aliphatic rings. The van der Waals surface area contributed by atoms with Crippen LogP contribution in [0.5, 0.6) is 0 Å². The summed E-state index contributed by atoms with van der Waals surface area (Å²) in [5.74, 6) is 1.14. The van der Waals surface area contributed by atoms with E-state index in [-0.39, 0.29) is 34.8 Å². The maximum atomic E-state index is 13.1. The molecule has 5 aliphatic heterocycles. The van der Waals surface area contributed by atoms with Crippen LogP contribution in [0, 0.1) is 17.3 Å². The molecule has 0 saturated carbocycles. The zero-order valence-electron chi connectivity index (χ0n) is 19.2. The van der Waals surface area contributed by atoms with E-state index in [2.05, 4.69) is 28.7 Å². The standard InChI is InChI=1S/C24H34N6O2/c1-16(2)21-24(15-30(21)23(32)20-22(25)27-8-7-26-20)5-11-29(12-6-24)19(31)13-18-14-28-9-3-17(18)4-10-28/h7-8,13,16-17,21H,3-6,9-12,14-15H2,1-2H3,(H2,25,27)/b18-13-. The third kappa shape index (κ3) is 3.58. The van der Waals surface area contributed by atoms with Crippen LogP contribution in [0.4, 0.5) is 5.82 Å². The lowest BCUT2D eigenvalue weighted by Crippen LogP contribution is -2.70. The Bertz CT molecular complexity index is 928. The highest BCUT2D eigenvalue weighted by Crippen LogP contribution is 2.49. The van der Waals surface area contributed by atoms with Crippen LogP contribution in [0.1, 0.15) is 50.0 Å². The molecule has 2 bridgehead atoms. The topological polar surface area (TPSA) is 95.7 Å². The van der Waals surface area contributed by atoms with Crippen molar-refractivity contribution >= 4 is 17.6 Å². The van der Waals surface area contributed by atoms with Gasteiger partial charge in [0.1, 0.15) is 0 Å². The number of hydrogen-bond acceptors (Lipinski definition) is 6. The number of nitrogens with zero attached hydrogens (tertiary/aromatic N) is 5. The van der Waals surface area contributed by atoms with Crippen LogP contribution in [0.3, 0.4) is 0 Å². The first-order chi connectivity index (χ1) is 15.4. The van der Waals surface area contributed by atoms with Gasteiger partial charge in [0.15, 0.2) is 11.5 Å². The zero-order chi connectivity index (χ0) is 22.5. The van der Waals surface area contributed by atoms with E-state index in [4.69, 9.17) is 5.73 Å². The van der Waals surface area contributed by atoms with E-state index >= 15 is 0 Å². The Morgan fingerprint density at radius 3 is 2.41 bits per heavy atom. The lowest BCUT2D eigenvalue weighted by molar-refractivity contribution is -0.137. The summed E-state index contributed by atoms with van der Waals surface area (Å²) in [6, 6.07) is 0.133. The smallest absolute Gasteiger partial charge is 0.276 e. The van der Waals surface area contributed by atoms with Gasteiger partial charge in [0.05, 0.1) is 0 Å². The highest BCUT2D eigenvalue weighted by atomic mass is 16.2. The Balaban J connectivity index is 1.24. The molecule has 1 atom stereocenters. The van der Waals surface area contributed by atoms with Gasteiger partial charge >= 0.3 is 0 Å². The Morgan fingerprint density at radius 1 is 1.12 bits per heavy atom. The summed E-state index contributed by atoms with van der Waals surface area (Å²) < 4.78 is 0. The zero-order valence-corrected chi connectivity index (χ0v) is 19.2. The van der Waals surface area contributed by atoms with Gasteiger partial charge in [-0.25, -0.2) is 9.97 Å². The summed E-state index contributed by atoms with van der Waals surface area (Å²) in [5, 5.41) is 0. The molecule has 2 amide bonds. The number of fused-ring (bicyclic) bond motifs is 3. The fourth-order valence-corrected chi connectivity index (χ4v) is 6.55. The largest absolute Gasteiger partial charge is 0.382 e. The van der Waals surface area contributed by atoms with Gasteiger partial charge in [-0.05, 0) is 56.2 Å². The average Bonchev–Trinajstić information content (AvgIpc) is 2.78. The molecule has 8 heteroatoms. The van der Waals surface area contributed by atoms with E-state index in [1.54, 1.807) is 0 Å². The van der Waals surface area contributed by atoms with Gasteiger partial charge in [-0.2, -0.15) is 0 Å². The Hall–Kier alpha value is -2.48. The van der Waals surface area contributed by atoms with E-state index in [0.29, 0.717) is 18.4 Å². The van der Waals surface area contributed by atoms with Gasteiger partial charge in [-0.3, -0.25) is 14.5 Å². The van der Waals surface area contributed by atoms with Crippen molar-refractivity contribution in [2.24, 2.45) is 17.3 Å². The molecule has 1 unspecified atom stereocenters. The van der Waals surface area contributed by atoms with Crippen molar-refractivity contribution in [1.29, 1.82) is 0 Å². The molecule has 6 rings (SSSR count). The normalized spacial score (nSPS) is 30.1. The minimum Gasteiger partial charge on any atom is -0.382 e. The van der Waals surface area contributed by atoms with Gasteiger partial charge in [0, 0.05) is 56.1 Å². The lowest BCUT2D eigenvalue weighted by Gasteiger charge is -2.61. The predicted octanol–water partition coefficient (Wildman–Crippen LogP) is 1.80. The second-order valence-corrected chi connectivity index (χ2v) is 10.4. The molecule has 172 valence electrons. The number of nitrogen functional groups attached to an aromatic ring is 1. The van der Waals surface area contributed by atoms with Crippen molar-refractivity contribution in [2.75, 3.05) is 45.0 Å². The van der Waals surface area contributed by atoms with Crippen LogP contribution in [0.25, 0.3) is 0 Å². The number of nitrogens with two attached hydrogens (primary N) is 1. The van der Waals surface area contributed by atoms with E-state index in [0.717, 1.165) is 32.5 Å². The van der Waals surface area contributed by atoms with Crippen LogP contribution in [0.15, 0.2) is 24.0 Å². The monoisotopic (exact) mass is 438 g/mol. The fourth-order valence-electron chi connectivity index (χ4n) is 6.55. The molecule has 5 fully saturated rings. The average molecular weight is 439 g/mol. The molecule has 8 nitrogen and oxygen atoms in total. The molecule has 1 spiro atoms.